The summed E-state index contributed by atoms with van der Waals surface area (Å²) in [7, 11) is 0. The number of carbonyl (C=O) groups is 2. The molecule has 1 aliphatic carbocycles. The van der Waals surface area contributed by atoms with E-state index in [0.717, 1.165) is 0 Å². The fraction of sp³-hybridized carbons (Fsp3) is 0.286. The van der Waals surface area contributed by atoms with Crippen molar-refractivity contribution in [2.45, 2.75) is 12.8 Å². The lowest BCUT2D eigenvalue weighted by molar-refractivity contribution is -0.122. The first-order chi connectivity index (χ1) is 8.70. The van der Waals surface area contributed by atoms with E-state index in [4.69, 9.17) is 11.6 Å². The molecule has 2 amide bonds. The van der Waals surface area contributed by atoms with Crippen LogP contribution in [0.1, 0.15) is 12.8 Å². The van der Waals surface area contributed by atoms with Crippen LogP contribution < -0.4 is 4.90 Å². The fourth-order valence-electron chi connectivity index (χ4n) is 2.67. The van der Waals surface area contributed by atoms with E-state index in [9.17, 15) is 9.59 Å². The molecule has 2 unspecified atom stereocenters. The molecule has 1 saturated heterocycles. The van der Waals surface area contributed by atoms with E-state index in [1.165, 1.54) is 4.90 Å². The molecule has 1 aliphatic heterocycles. The summed E-state index contributed by atoms with van der Waals surface area (Å²) < 4.78 is 0. The Kier molecular flexibility index (Phi) is 2.71. The number of halogens is 1. The van der Waals surface area contributed by atoms with Crippen molar-refractivity contribution in [1.29, 1.82) is 0 Å². The molecule has 0 saturated carbocycles. The lowest BCUT2D eigenvalue weighted by Gasteiger charge is -2.15. The molecule has 18 heavy (non-hydrogen) atoms. The van der Waals surface area contributed by atoms with Crippen molar-refractivity contribution in [3.05, 3.63) is 41.4 Å². The number of hydrogen-bond acceptors (Lipinski definition) is 2. The maximum absolute atomic E-state index is 12.3. The molecule has 1 heterocycles. The second-order valence-corrected chi connectivity index (χ2v) is 5.03. The lowest BCUT2D eigenvalue weighted by atomic mass is 9.85. The number of benzene rings is 1. The Morgan fingerprint density at radius 1 is 1.00 bits per heavy atom. The van der Waals surface area contributed by atoms with Gasteiger partial charge in [-0.15, -0.1) is 0 Å². The second kappa shape index (κ2) is 4.25. The molecule has 2 atom stereocenters. The molecule has 1 aromatic rings. The molecule has 3 rings (SSSR count). The summed E-state index contributed by atoms with van der Waals surface area (Å²) >= 11 is 6.07. The van der Waals surface area contributed by atoms with Gasteiger partial charge < -0.3 is 0 Å². The number of hydrogen-bond donors (Lipinski definition) is 0. The van der Waals surface area contributed by atoms with Crippen molar-refractivity contribution in [2.75, 3.05) is 4.90 Å². The van der Waals surface area contributed by atoms with Gasteiger partial charge in [0.2, 0.25) is 11.8 Å². The zero-order valence-corrected chi connectivity index (χ0v) is 10.4. The van der Waals surface area contributed by atoms with Crippen molar-refractivity contribution in [2.24, 2.45) is 11.8 Å². The van der Waals surface area contributed by atoms with Gasteiger partial charge in [-0.3, -0.25) is 9.59 Å². The van der Waals surface area contributed by atoms with Gasteiger partial charge in [0.05, 0.1) is 22.5 Å². The standard InChI is InChI=1S/C14H12ClNO2/c15-11-7-3-4-8-12(11)16-13(17)9-5-1-2-6-10(9)14(16)18/h1-4,7-10H,5-6H2. The van der Waals surface area contributed by atoms with Gasteiger partial charge in [0.15, 0.2) is 0 Å². The van der Waals surface area contributed by atoms with Crippen LogP contribution in [0.4, 0.5) is 5.69 Å². The van der Waals surface area contributed by atoms with Crippen molar-refractivity contribution < 1.29 is 9.59 Å². The summed E-state index contributed by atoms with van der Waals surface area (Å²) in [5, 5.41) is 0.436. The number of rotatable bonds is 1. The number of imide groups is 1. The van der Waals surface area contributed by atoms with Crippen LogP contribution in [0.15, 0.2) is 36.4 Å². The molecule has 3 nitrogen and oxygen atoms in total. The van der Waals surface area contributed by atoms with Crippen LogP contribution in [0.5, 0.6) is 0 Å². The quantitative estimate of drug-likeness (QED) is 0.576. The maximum atomic E-state index is 12.3. The third kappa shape index (κ3) is 1.58. The molecule has 1 aromatic carbocycles. The summed E-state index contributed by atoms with van der Waals surface area (Å²) in [5.41, 5.74) is 0.503. The van der Waals surface area contributed by atoms with E-state index >= 15 is 0 Å². The lowest BCUT2D eigenvalue weighted by Crippen LogP contribution is -2.31. The average Bonchev–Trinajstić information content (AvgIpc) is 2.64. The van der Waals surface area contributed by atoms with Crippen LogP contribution in [-0.4, -0.2) is 11.8 Å². The monoisotopic (exact) mass is 261 g/mol. The Bertz CT molecular complexity index is 526. The summed E-state index contributed by atoms with van der Waals surface area (Å²) in [4.78, 5) is 25.9. The molecule has 1 fully saturated rings. The Hall–Kier alpha value is -1.61. The zero-order valence-electron chi connectivity index (χ0n) is 9.67. The zero-order chi connectivity index (χ0) is 12.7. The largest absolute Gasteiger partial charge is 0.274 e. The van der Waals surface area contributed by atoms with Crippen LogP contribution in [0.2, 0.25) is 5.02 Å². The first kappa shape index (κ1) is 11.5. The number of nitrogens with zero attached hydrogens (tertiary/aromatic N) is 1. The molecule has 4 heteroatoms. The Morgan fingerprint density at radius 3 is 2.11 bits per heavy atom. The highest BCUT2D eigenvalue weighted by atomic mass is 35.5. The molecule has 2 aliphatic rings. The summed E-state index contributed by atoms with van der Waals surface area (Å²) in [6.45, 7) is 0. The van der Waals surface area contributed by atoms with Crippen molar-refractivity contribution in [3.63, 3.8) is 0 Å². The van der Waals surface area contributed by atoms with Gasteiger partial charge in [-0.05, 0) is 25.0 Å². The van der Waals surface area contributed by atoms with E-state index in [2.05, 4.69) is 0 Å². The SMILES string of the molecule is O=C1C2CC=CCC2C(=O)N1c1ccccc1Cl. The van der Waals surface area contributed by atoms with Gasteiger partial charge in [0.1, 0.15) is 0 Å². The molecular weight excluding hydrogens is 250 g/mol. The summed E-state index contributed by atoms with van der Waals surface area (Å²) in [6.07, 6.45) is 5.25. The van der Waals surface area contributed by atoms with Crippen LogP contribution in [0.25, 0.3) is 0 Å². The van der Waals surface area contributed by atoms with Crippen LogP contribution in [0, 0.1) is 11.8 Å². The number of carbonyl (C=O) groups excluding carboxylic acids is 2. The highest BCUT2D eigenvalue weighted by molar-refractivity contribution is 6.36. The average molecular weight is 262 g/mol. The smallest absolute Gasteiger partial charge is 0.238 e. The Labute approximate surface area is 110 Å². The van der Waals surface area contributed by atoms with Gasteiger partial charge in [0.25, 0.3) is 0 Å². The molecule has 0 spiro atoms. The first-order valence-corrected chi connectivity index (χ1v) is 6.35. The summed E-state index contributed by atoms with van der Waals surface area (Å²) in [6, 6.07) is 6.97. The normalized spacial score (nSPS) is 26.6. The topological polar surface area (TPSA) is 37.4 Å². The van der Waals surface area contributed by atoms with Crippen LogP contribution >= 0.6 is 11.6 Å². The third-order valence-electron chi connectivity index (χ3n) is 3.60. The van der Waals surface area contributed by atoms with Gasteiger partial charge in [-0.1, -0.05) is 35.9 Å². The van der Waals surface area contributed by atoms with Crippen molar-refractivity contribution >= 4 is 29.1 Å². The second-order valence-electron chi connectivity index (χ2n) is 4.62. The molecule has 0 bridgehead atoms. The number of anilines is 1. The van der Waals surface area contributed by atoms with E-state index in [1.54, 1.807) is 24.3 Å². The number of para-hydroxylation sites is 1. The molecular formula is C14H12ClNO2. The van der Waals surface area contributed by atoms with E-state index in [-0.39, 0.29) is 23.7 Å². The van der Waals surface area contributed by atoms with E-state index < -0.39 is 0 Å². The van der Waals surface area contributed by atoms with Gasteiger partial charge >= 0.3 is 0 Å². The fourth-order valence-corrected chi connectivity index (χ4v) is 2.89. The minimum Gasteiger partial charge on any atom is -0.274 e. The molecule has 92 valence electrons. The molecule has 0 N–H and O–H groups in total. The van der Waals surface area contributed by atoms with Crippen LogP contribution in [0.3, 0.4) is 0 Å². The number of allylic oxidation sites excluding steroid dienone is 2. The van der Waals surface area contributed by atoms with Gasteiger partial charge in [-0.2, -0.15) is 0 Å². The van der Waals surface area contributed by atoms with Gasteiger partial charge in [0, 0.05) is 0 Å². The molecule has 0 radical (unpaired) electrons. The highest BCUT2D eigenvalue weighted by Gasteiger charge is 2.48. The predicted octanol–water partition coefficient (Wildman–Crippen LogP) is 2.80. The Balaban J connectivity index is 2.02. The minimum atomic E-state index is -0.209. The maximum Gasteiger partial charge on any atom is 0.238 e. The Morgan fingerprint density at radius 2 is 1.56 bits per heavy atom. The van der Waals surface area contributed by atoms with Crippen LogP contribution in [-0.2, 0) is 9.59 Å². The van der Waals surface area contributed by atoms with Crippen molar-refractivity contribution in [1.82, 2.24) is 0 Å². The number of amides is 2. The van der Waals surface area contributed by atoms with E-state index in [1.807, 2.05) is 12.2 Å². The highest BCUT2D eigenvalue weighted by Crippen LogP contribution is 2.39. The molecule has 0 aromatic heterocycles. The van der Waals surface area contributed by atoms with Crippen molar-refractivity contribution in [3.8, 4) is 0 Å². The minimum absolute atomic E-state index is 0.123. The summed E-state index contributed by atoms with van der Waals surface area (Å²) in [5.74, 6) is -0.664. The predicted molar refractivity (Wildman–Crippen MR) is 69.3 cm³/mol. The number of fused-ring (bicyclic) bond motifs is 1. The third-order valence-corrected chi connectivity index (χ3v) is 3.92. The van der Waals surface area contributed by atoms with Gasteiger partial charge in [-0.25, -0.2) is 4.90 Å². The first-order valence-electron chi connectivity index (χ1n) is 5.97. The van der Waals surface area contributed by atoms with E-state index in [0.29, 0.717) is 23.6 Å².